The molecule has 0 aliphatic heterocycles. The van der Waals surface area contributed by atoms with Crippen molar-refractivity contribution in [3.63, 3.8) is 0 Å². The minimum Gasteiger partial charge on any atom is -0.396 e. The third-order valence-corrected chi connectivity index (χ3v) is 5.43. The zero-order chi connectivity index (χ0) is 19.2. The average molecular weight is 389 g/mol. The summed E-state index contributed by atoms with van der Waals surface area (Å²) in [5, 5.41) is 21.4. The Morgan fingerprint density at radius 3 is 2.69 bits per heavy atom. The summed E-state index contributed by atoms with van der Waals surface area (Å²) < 4.78 is 37.8. The molecule has 0 spiro atoms. The van der Waals surface area contributed by atoms with E-state index in [1.807, 2.05) is 0 Å². The van der Waals surface area contributed by atoms with Crippen LogP contribution in [0.4, 0.5) is 18.2 Å². The maximum Gasteiger partial charge on any atom is 0.401 e. The van der Waals surface area contributed by atoms with Crippen LogP contribution in [0.1, 0.15) is 41.7 Å². The van der Waals surface area contributed by atoms with Crippen molar-refractivity contribution in [1.29, 1.82) is 5.26 Å². The highest BCUT2D eigenvalue weighted by Crippen LogP contribution is 2.37. The lowest BCUT2D eigenvalue weighted by Gasteiger charge is -2.22. The van der Waals surface area contributed by atoms with Gasteiger partial charge in [0.05, 0.1) is 12.1 Å². The minimum absolute atomic E-state index is 0.0572. The Labute approximate surface area is 154 Å². The molecule has 0 unspecified atom stereocenters. The van der Waals surface area contributed by atoms with Crippen molar-refractivity contribution in [3.8, 4) is 6.07 Å². The number of amides is 1. The quantitative estimate of drug-likeness (QED) is 0.716. The molecule has 0 saturated heterocycles. The summed E-state index contributed by atoms with van der Waals surface area (Å²) in [6, 6.07) is 2.14. The molecule has 0 bridgehead atoms. The second-order valence-electron chi connectivity index (χ2n) is 6.29. The molecule has 1 heterocycles. The number of alkyl halides is 3. The van der Waals surface area contributed by atoms with Gasteiger partial charge in [0, 0.05) is 31.0 Å². The van der Waals surface area contributed by atoms with E-state index in [1.165, 1.54) is 11.3 Å². The van der Waals surface area contributed by atoms with Gasteiger partial charge in [0.25, 0.3) is 0 Å². The number of thiophene rings is 1. The molecule has 2 rings (SSSR count). The fourth-order valence-corrected chi connectivity index (χ4v) is 4.29. The van der Waals surface area contributed by atoms with Crippen LogP contribution < -0.4 is 5.32 Å². The topological polar surface area (TPSA) is 76.4 Å². The molecule has 0 radical (unpaired) electrons. The van der Waals surface area contributed by atoms with E-state index in [2.05, 4.69) is 11.4 Å². The maximum atomic E-state index is 12.6. The molecule has 2 N–H and O–H groups in total. The van der Waals surface area contributed by atoms with Gasteiger partial charge in [0.1, 0.15) is 11.1 Å². The lowest BCUT2D eigenvalue weighted by molar-refractivity contribution is -0.147. The minimum atomic E-state index is -4.35. The van der Waals surface area contributed by atoms with Crippen LogP contribution in [0.2, 0.25) is 0 Å². The summed E-state index contributed by atoms with van der Waals surface area (Å²) in [4.78, 5) is 14.4. The molecule has 5 nitrogen and oxygen atoms in total. The number of anilines is 1. The Bertz CT molecular complexity index is 667. The molecule has 26 heavy (non-hydrogen) atoms. The summed E-state index contributed by atoms with van der Waals surface area (Å²) in [6.07, 6.45) is -0.447. The number of carbonyl (C=O) groups is 1. The van der Waals surface area contributed by atoms with Crippen LogP contribution in [-0.4, -0.2) is 48.3 Å². The van der Waals surface area contributed by atoms with Crippen LogP contribution in [0.5, 0.6) is 0 Å². The molecular formula is C17H22F3N3O2S. The van der Waals surface area contributed by atoms with Gasteiger partial charge in [-0.05, 0) is 37.7 Å². The summed E-state index contributed by atoms with van der Waals surface area (Å²) >= 11 is 1.39. The second-order valence-corrected chi connectivity index (χ2v) is 7.40. The number of aliphatic hydroxyl groups excluding tert-OH is 1. The zero-order valence-corrected chi connectivity index (χ0v) is 15.2. The molecule has 1 aromatic heterocycles. The first-order valence-corrected chi connectivity index (χ1v) is 9.40. The smallest absolute Gasteiger partial charge is 0.396 e. The van der Waals surface area contributed by atoms with Gasteiger partial charge in [0.2, 0.25) is 5.91 Å². The number of nitrogens with one attached hydrogen (secondary N) is 1. The number of carbonyl (C=O) groups excluding carboxylic acids is 1. The molecule has 1 amide bonds. The fourth-order valence-electron chi connectivity index (χ4n) is 3.04. The summed E-state index contributed by atoms with van der Waals surface area (Å²) in [5.41, 5.74) is 1.49. The van der Waals surface area contributed by atoms with Crippen LogP contribution in [0.3, 0.4) is 0 Å². The number of fused-ring (bicyclic) bond motifs is 1. The van der Waals surface area contributed by atoms with Crippen molar-refractivity contribution >= 4 is 22.2 Å². The van der Waals surface area contributed by atoms with Gasteiger partial charge >= 0.3 is 6.18 Å². The summed E-state index contributed by atoms with van der Waals surface area (Å²) in [7, 11) is 0. The average Bonchev–Trinajstić information content (AvgIpc) is 2.93. The van der Waals surface area contributed by atoms with Crippen molar-refractivity contribution < 1.29 is 23.1 Å². The van der Waals surface area contributed by atoms with Crippen LogP contribution in [0, 0.1) is 11.3 Å². The standard InChI is InChI=1S/C17H22F3N3O2S/c18-17(19,20)11-23(7-3-9-24)8-6-15(25)22-16-13(10-21)12-4-1-2-5-14(12)26-16/h24H,1-9,11H2,(H,22,25). The van der Waals surface area contributed by atoms with E-state index in [1.54, 1.807) is 0 Å². The molecule has 1 aromatic rings. The van der Waals surface area contributed by atoms with Crippen molar-refractivity contribution in [2.75, 3.05) is 31.6 Å². The van der Waals surface area contributed by atoms with E-state index in [4.69, 9.17) is 5.11 Å². The normalized spacial score (nSPS) is 14.2. The van der Waals surface area contributed by atoms with E-state index in [0.29, 0.717) is 10.6 Å². The highest BCUT2D eigenvalue weighted by molar-refractivity contribution is 7.16. The predicted molar refractivity (Wildman–Crippen MR) is 93.1 cm³/mol. The van der Waals surface area contributed by atoms with Crippen molar-refractivity contribution in [2.24, 2.45) is 0 Å². The molecule has 0 fully saturated rings. The third kappa shape index (κ3) is 5.97. The number of nitrogens with zero attached hydrogens (tertiary/aromatic N) is 2. The van der Waals surface area contributed by atoms with Crippen LogP contribution >= 0.6 is 11.3 Å². The van der Waals surface area contributed by atoms with Crippen molar-refractivity contribution in [1.82, 2.24) is 4.90 Å². The number of aryl methyl sites for hydroxylation is 1. The number of halogens is 3. The molecular weight excluding hydrogens is 367 g/mol. The predicted octanol–water partition coefficient (Wildman–Crippen LogP) is 3.07. The van der Waals surface area contributed by atoms with Gasteiger partial charge in [0.15, 0.2) is 0 Å². The van der Waals surface area contributed by atoms with Gasteiger partial charge in [-0.15, -0.1) is 11.3 Å². The highest BCUT2D eigenvalue weighted by Gasteiger charge is 2.30. The Hall–Kier alpha value is -1.63. The zero-order valence-electron chi connectivity index (χ0n) is 14.4. The van der Waals surface area contributed by atoms with Gasteiger partial charge in [-0.1, -0.05) is 0 Å². The fraction of sp³-hybridized carbons (Fsp3) is 0.647. The van der Waals surface area contributed by atoms with Crippen LogP contribution in [0.15, 0.2) is 0 Å². The first-order valence-electron chi connectivity index (χ1n) is 8.58. The SMILES string of the molecule is N#Cc1c(NC(=O)CCN(CCCO)CC(F)(F)F)sc2c1CCCC2. The Morgan fingerprint density at radius 1 is 1.31 bits per heavy atom. The third-order valence-electron chi connectivity index (χ3n) is 4.23. The highest BCUT2D eigenvalue weighted by atomic mass is 32.1. The van der Waals surface area contributed by atoms with E-state index in [-0.39, 0.29) is 32.5 Å². The van der Waals surface area contributed by atoms with Gasteiger partial charge in [-0.3, -0.25) is 9.69 Å². The summed E-state index contributed by atoms with van der Waals surface area (Å²) in [5.74, 6) is -0.406. The van der Waals surface area contributed by atoms with Crippen LogP contribution in [0.25, 0.3) is 0 Å². The largest absolute Gasteiger partial charge is 0.401 e. The first kappa shape index (κ1) is 20.7. The monoisotopic (exact) mass is 389 g/mol. The number of nitriles is 1. The van der Waals surface area contributed by atoms with E-state index >= 15 is 0 Å². The van der Waals surface area contributed by atoms with Gasteiger partial charge in [-0.2, -0.15) is 18.4 Å². The molecule has 1 aliphatic carbocycles. The number of rotatable bonds is 8. The number of hydrogen-bond acceptors (Lipinski definition) is 5. The van der Waals surface area contributed by atoms with E-state index in [9.17, 15) is 23.2 Å². The molecule has 144 valence electrons. The molecule has 0 saturated carbocycles. The van der Waals surface area contributed by atoms with E-state index in [0.717, 1.165) is 41.0 Å². The van der Waals surface area contributed by atoms with Gasteiger partial charge in [-0.25, -0.2) is 0 Å². The molecule has 0 aromatic carbocycles. The molecule has 1 aliphatic rings. The maximum absolute atomic E-state index is 12.6. The lowest BCUT2D eigenvalue weighted by atomic mass is 9.96. The Kier molecular flexibility index (Phi) is 7.43. The number of hydrogen-bond donors (Lipinski definition) is 2. The van der Waals surface area contributed by atoms with Crippen molar-refractivity contribution in [3.05, 3.63) is 16.0 Å². The van der Waals surface area contributed by atoms with Crippen molar-refractivity contribution in [2.45, 2.75) is 44.7 Å². The second kappa shape index (κ2) is 9.35. The first-order chi connectivity index (χ1) is 12.3. The van der Waals surface area contributed by atoms with E-state index < -0.39 is 18.6 Å². The summed E-state index contributed by atoms with van der Waals surface area (Å²) in [6.45, 7) is -1.30. The van der Waals surface area contributed by atoms with Crippen LogP contribution in [-0.2, 0) is 17.6 Å². The van der Waals surface area contributed by atoms with Gasteiger partial charge < -0.3 is 10.4 Å². The number of aliphatic hydroxyl groups is 1. The lowest BCUT2D eigenvalue weighted by Crippen LogP contribution is -2.37. The Balaban J connectivity index is 1.95. The molecule has 9 heteroatoms. The Morgan fingerprint density at radius 2 is 2.04 bits per heavy atom. The molecule has 0 atom stereocenters.